The van der Waals surface area contributed by atoms with Crippen LogP contribution in [0.4, 0.5) is 0 Å². The van der Waals surface area contributed by atoms with Crippen LogP contribution < -0.4 is 0 Å². The van der Waals surface area contributed by atoms with Gasteiger partial charge in [-0.2, -0.15) is 0 Å². The molecular formula is C15H12ClNO. The maximum atomic E-state index is 5.96. The Kier molecular flexibility index (Phi) is 2.80. The SMILES string of the molecule is Cc1ccc2oc(Cc3cccc(Cl)c3)nc2c1. The topological polar surface area (TPSA) is 26.0 Å². The monoisotopic (exact) mass is 257 g/mol. The number of nitrogens with zero attached hydrogens (tertiary/aromatic N) is 1. The van der Waals surface area contributed by atoms with Gasteiger partial charge in [0.25, 0.3) is 0 Å². The summed E-state index contributed by atoms with van der Waals surface area (Å²) in [6.45, 7) is 2.05. The number of rotatable bonds is 2. The molecule has 1 aromatic heterocycles. The molecule has 0 aliphatic carbocycles. The van der Waals surface area contributed by atoms with Crippen molar-refractivity contribution in [3.63, 3.8) is 0 Å². The number of hydrogen-bond acceptors (Lipinski definition) is 2. The van der Waals surface area contributed by atoms with Gasteiger partial charge < -0.3 is 4.42 Å². The van der Waals surface area contributed by atoms with E-state index in [-0.39, 0.29) is 0 Å². The fraction of sp³-hybridized carbons (Fsp3) is 0.133. The van der Waals surface area contributed by atoms with Gasteiger partial charge in [0.1, 0.15) is 5.52 Å². The highest BCUT2D eigenvalue weighted by Gasteiger charge is 2.06. The van der Waals surface area contributed by atoms with Gasteiger partial charge in [0.2, 0.25) is 0 Å². The van der Waals surface area contributed by atoms with Crippen molar-refractivity contribution in [1.82, 2.24) is 4.98 Å². The second-order valence-corrected chi connectivity index (χ2v) is 4.82. The highest BCUT2D eigenvalue weighted by atomic mass is 35.5. The molecule has 0 unspecified atom stereocenters. The first-order chi connectivity index (χ1) is 8.70. The van der Waals surface area contributed by atoms with E-state index < -0.39 is 0 Å². The summed E-state index contributed by atoms with van der Waals surface area (Å²) in [4.78, 5) is 4.49. The lowest BCUT2D eigenvalue weighted by Gasteiger charge is -1.97. The van der Waals surface area contributed by atoms with Crippen LogP contribution in [0.3, 0.4) is 0 Å². The molecule has 0 aliphatic heterocycles. The molecule has 0 bridgehead atoms. The third-order valence-corrected chi connectivity index (χ3v) is 3.07. The zero-order valence-electron chi connectivity index (χ0n) is 9.98. The third-order valence-electron chi connectivity index (χ3n) is 2.83. The fourth-order valence-corrected chi connectivity index (χ4v) is 2.20. The third kappa shape index (κ3) is 2.24. The first kappa shape index (κ1) is 11.3. The minimum Gasteiger partial charge on any atom is -0.440 e. The first-order valence-corrected chi connectivity index (χ1v) is 6.19. The Morgan fingerprint density at radius 3 is 2.89 bits per heavy atom. The van der Waals surface area contributed by atoms with Crippen LogP contribution in [-0.4, -0.2) is 4.98 Å². The van der Waals surface area contributed by atoms with E-state index in [4.69, 9.17) is 16.0 Å². The Balaban J connectivity index is 1.95. The lowest BCUT2D eigenvalue weighted by molar-refractivity contribution is 0.544. The molecule has 2 aromatic carbocycles. The second kappa shape index (κ2) is 4.46. The predicted molar refractivity (Wildman–Crippen MR) is 73.0 cm³/mol. The number of fused-ring (bicyclic) bond motifs is 1. The molecule has 1 heterocycles. The normalized spacial score (nSPS) is 11.0. The number of oxazole rings is 1. The smallest absolute Gasteiger partial charge is 0.199 e. The van der Waals surface area contributed by atoms with Crippen molar-refractivity contribution >= 4 is 22.7 Å². The van der Waals surface area contributed by atoms with Crippen molar-refractivity contribution in [2.24, 2.45) is 0 Å². The minimum atomic E-state index is 0.661. The Morgan fingerprint density at radius 1 is 1.17 bits per heavy atom. The van der Waals surface area contributed by atoms with Gasteiger partial charge in [0.05, 0.1) is 0 Å². The Bertz CT molecular complexity index is 703. The summed E-state index contributed by atoms with van der Waals surface area (Å²) in [5.41, 5.74) is 4.03. The summed E-state index contributed by atoms with van der Waals surface area (Å²) in [7, 11) is 0. The van der Waals surface area contributed by atoms with E-state index in [0.29, 0.717) is 6.42 Å². The van der Waals surface area contributed by atoms with Gasteiger partial charge in [-0.1, -0.05) is 29.8 Å². The van der Waals surface area contributed by atoms with Crippen molar-refractivity contribution < 1.29 is 4.42 Å². The van der Waals surface area contributed by atoms with Crippen LogP contribution in [0.15, 0.2) is 46.9 Å². The molecule has 0 fully saturated rings. The Labute approximate surface area is 110 Å². The molecule has 0 atom stereocenters. The van der Waals surface area contributed by atoms with E-state index in [9.17, 15) is 0 Å². The van der Waals surface area contributed by atoms with E-state index in [1.165, 1.54) is 5.56 Å². The van der Waals surface area contributed by atoms with Gasteiger partial charge in [-0.25, -0.2) is 4.98 Å². The van der Waals surface area contributed by atoms with Gasteiger partial charge in [-0.3, -0.25) is 0 Å². The summed E-state index contributed by atoms with van der Waals surface area (Å²) >= 11 is 5.96. The van der Waals surface area contributed by atoms with Gasteiger partial charge >= 0.3 is 0 Å². The van der Waals surface area contributed by atoms with Gasteiger partial charge in [-0.05, 0) is 42.3 Å². The van der Waals surface area contributed by atoms with Gasteiger partial charge in [-0.15, -0.1) is 0 Å². The summed E-state index contributed by atoms with van der Waals surface area (Å²) in [6.07, 6.45) is 0.661. The van der Waals surface area contributed by atoms with Crippen molar-refractivity contribution in [2.45, 2.75) is 13.3 Å². The molecule has 0 radical (unpaired) electrons. The van der Waals surface area contributed by atoms with Crippen LogP contribution >= 0.6 is 11.6 Å². The van der Waals surface area contributed by atoms with Crippen LogP contribution in [0.5, 0.6) is 0 Å². The molecule has 0 saturated heterocycles. The molecule has 0 aliphatic rings. The number of halogens is 1. The van der Waals surface area contributed by atoms with Gasteiger partial charge in [0, 0.05) is 11.4 Å². The largest absolute Gasteiger partial charge is 0.440 e. The standard InChI is InChI=1S/C15H12ClNO/c1-10-5-6-14-13(7-10)17-15(18-14)9-11-3-2-4-12(16)8-11/h2-8H,9H2,1H3. The van der Waals surface area contributed by atoms with E-state index >= 15 is 0 Å². The van der Waals surface area contributed by atoms with E-state index in [0.717, 1.165) is 27.6 Å². The predicted octanol–water partition coefficient (Wildman–Crippen LogP) is 4.38. The lowest BCUT2D eigenvalue weighted by atomic mass is 10.1. The van der Waals surface area contributed by atoms with Crippen LogP contribution in [0.2, 0.25) is 5.02 Å². The van der Waals surface area contributed by atoms with Crippen LogP contribution in [0.25, 0.3) is 11.1 Å². The molecule has 2 nitrogen and oxygen atoms in total. The fourth-order valence-electron chi connectivity index (χ4n) is 1.98. The number of aromatic nitrogens is 1. The number of benzene rings is 2. The molecule has 0 spiro atoms. The molecule has 0 N–H and O–H groups in total. The summed E-state index contributed by atoms with van der Waals surface area (Å²) in [6, 6.07) is 13.8. The Morgan fingerprint density at radius 2 is 2.06 bits per heavy atom. The zero-order chi connectivity index (χ0) is 12.5. The van der Waals surface area contributed by atoms with Crippen LogP contribution in [0, 0.1) is 6.92 Å². The quantitative estimate of drug-likeness (QED) is 0.681. The molecule has 18 heavy (non-hydrogen) atoms. The summed E-state index contributed by atoms with van der Waals surface area (Å²) in [5.74, 6) is 0.720. The summed E-state index contributed by atoms with van der Waals surface area (Å²) < 4.78 is 5.71. The van der Waals surface area contributed by atoms with Crippen molar-refractivity contribution in [1.29, 1.82) is 0 Å². The summed E-state index contributed by atoms with van der Waals surface area (Å²) in [5, 5.41) is 0.736. The highest BCUT2D eigenvalue weighted by molar-refractivity contribution is 6.30. The Hall–Kier alpha value is -1.80. The van der Waals surface area contributed by atoms with Crippen molar-refractivity contribution in [3.05, 3.63) is 64.5 Å². The number of aryl methyl sites for hydroxylation is 1. The maximum Gasteiger partial charge on any atom is 0.199 e. The van der Waals surface area contributed by atoms with Crippen molar-refractivity contribution in [2.75, 3.05) is 0 Å². The zero-order valence-corrected chi connectivity index (χ0v) is 10.7. The average Bonchev–Trinajstić information content (AvgIpc) is 2.70. The highest BCUT2D eigenvalue weighted by Crippen LogP contribution is 2.20. The molecule has 0 amide bonds. The maximum absolute atomic E-state index is 5.96. The van der Waals surface area contributed by atoms with Crippen LogP contribution in [0.1, 0.15) is 17.0 Å². The molecule has 0 saturated carbocycles. The van der Waals surface area contributed by atoms with Crippen LogP contribution in [-0.2, 0) is 6.42 Å². The minimum absolute atomic E-state index is 0.661. The van der Waals surface area contributed by atoms with E-state index in [1.807, 2.05) is 49.4 Å². The average molecular weight is 258 g/mol. The second-order valence-electron chi connectivity index (χ2n) is 4.39. The lowest BCUT2D eigenvalue weighted by Crippen LogP contribution is -1.87. The molecule has 3 aromatic rings. The molecule has 3 heteroatoms. The molecule has 3 rings (SSSR count). The van der Waals surface area contributed by atoms with Crippen molar-refractivity contribution in [3.8, 4) is 0 Å². The first-order valence-electron chi connectivity index (χ1n) is 5.81. The molecule has 90 valence electrons. The van der Waals surface area contributed by atoms with E-state index in [2.05, 4.69) is 4.98 Å². The molecular weight excluding hydrogens is 246 g/mol. The van der Waals surface area contributed by atoms with E-state index in [1.54, 1.807) is 0 Å². The van der Waals surface area contributed by atoms with Gasteiger partial charge in [0.15, 0.2) is 11.5 Å². The number of hydrogen-bond donors (Lipinski definition) is 0.